The highest BCUT2D eigenvalue weighted by molar-refractivity contribution is 6.07. The Morgan fingerprint density at radius 1 is 1.05 bits per heavy atom. The van der Waals surface area contributed by atoms with Crippen molar-refractivity contribution in [2.75, 3.05) is 5.32 Å². The molecule has 0 spiro atoms. The van der Waals surface area contributed by atoms with Crippen molar-refractivity contribution in [3.63, 3.8) is 0 Å². The molecule has 0 saturated heterocycles. The number of anilines is 1. The van der Waals surface area contributed by atoms with Crippen LogP contribution in [0.4, 0.5) is 5.69 Å². The summed E-state index contributed by atoms with van der Waals surface area (Å²) in [6.45, 7) is 5.80. The first-order chi connectivity index (χ1) is 9.58. The van der Waals surface area contributed by atoms with Crippen LogP contribution in [0.1, 0.15) is 29.8 Å². The van der Waals surface area contributed by atoms with Gasteiger partial charge in [0.25, 0.3) is 5.91 Å². The predicted molar refractivity (Wildman–Crippen MR) is 81.3 cm³/mol. The van der Waals surface area contributed by atoms with E-state index < -0.39 is 0 Å². The summed E-state index contributed by atoms with van der Waals surface area (Å²) in [4.78, 5) is 12.4. The zero-order valence-corrected chi connectivity index (χ0v) is 12.0. The van der Waals surface area contributed by atoms with E-state index in [0.29, 0.717) is 11.3 Å². The van der Waals surface area contributed by atoms with Gasteiger partial charge in [-0.1, -0.05) is 30.3 Å². The maximum absolute atomic E-state index is 12.4. The molecule has 104 valence electrons. The standard InChI is InChI=1S/C17H19NO2/c1-12(2)20-15-11-7-8-13(3)16(15)17(19)18-14-9-5-4-6-10-14/h4-12H,1-3H3,(H,18,19). The average Bonchev–Trinajstić information content (AvgIpc) is 2.39. The number of aryl methyl sites for hydroxylation is 1. The first-order valence-corrected chi connectivity index (χ1v) is 6.70. The summed E-state index contributed by atoms with van der Waals surface area (Å²) in [5.74, 6) is 0.471. The van der Waals surface area contributed by atoms with Gasteiger partial charge in [0.15, 0.2) is 0 Å². The van der Waals surface area contributed by atoms with E-state index in [0.717, 1.165) is 11.3 Å². The minimum atomic E-state index is -0.148. The van der Waals surface area contributed by atoms with Crippen LogP contribution in [0, 0.1) is 6.92 Å². The lowest BCUT2D eigenvalue weighted by Crippen LogP contribution is -2.17. The van der Waals surface area contributed by atoms with Crippen LogP contribution in [0.2, 0.25) is 0 Å². The van der Waals surface area contributed by atoms with Gasteiger partial charge < -0.3 is 10.1 Å². The van der Waals surface area contributed by atoms with Crippen molar-refractivity contribution < 1.29 is 9.53 Å². The molecular weight excluding hydrogens is 250 g/mol. The Labute approximate surface area is 119 Å². The van der Waals surface area contributed by atoms with E-state index in [1.54, 1.807) is 0 Å². The topological polar surface area (TPSA) is 38.3 Å². The highest BCUT2D eigenvalue weighted by Crippen LogP contribution is 2.24. The summed E-state index contributed by atoms with van der Waals surface area (Å²) in [5, 5.41) is 2.89. The number of carbonyl (C=O) groups is 1. The van der Waals surface area contributed by atoms with Crippen LogP contribution >= 0.6 is 0 Å². The van der Waals surface area contributed by atoms with Crippen LogP contribution in [0.15, 0.2) is 48.5 Å². The molecule has 0 atom stereocenters. The number of carbonyl (C=O) groups excluding carboxylic acids is 1. The summed E-state index contributed by atoms with van der Waals surface area (Å²) in [6, 6.07) is 15.0. The van der Waals surface area contributed by atoms with Gasteiger partial charge >= 0.3 is 0 Å². The maximum atomic E-state index is 12.4. The van der Waals surface area contributed by atoms with E-state index >= 15 is 0 Å². The number of hydrogen-bond acceptors (Lipinski definition) is 2. The first kappa shape index (κ1) is 14.1. The molecule has 0 saturated carbocycles. The van der Waals surface area contributed by atoms with E-state index in [4.69, 9.17) is 4.74 Å². The molecule has 3 heteroatoms. The summed E-state index contributed by atoms with van der Waals surface area (Å²) >= 11 is 0. The van der Waals surface area contributed by atoms with Crippen molar-refractivity contribution in [3.8, 4) is 5.75 Å². The molecule has 0 heterocycles. The molecule has 20 heavy (non-hydrogen) atoms. The lowest BCUT2D eigenvalue weighted by Gasteiger charge is -2.16. The smallest absolute Gasteiger partial charge is 0.259 e. The van der Waals surface area contributed by atoms with Crippen molar-refractivity contribution in [3.05, 3.63) is 59.7 Å². The number of ether oxygens (including phenoxy) is 1. The van der Waals surface area contributed by atoms with Crippen molar-refractivity contribution in [1.82, 2.24) is 0 Å². The monoisotopic (exact) mass is 269 g/mol. The lowest BCUT2D eigenvalue weighted by molar-refractivity contribution is 0.102. The number of benzene rings is 2. The van der Waals surface area contributed by atoms with Gasteiger partial charge in [-0.15, -0.1) is 0 Å². The first-order valence-electron chi connectivity index (χ1n) is 6.70. The van der Waals surface area contributed by atoms with E-state index in [2.05, 4.69) is 5.32 Å². The molecule has 3 nitrogen and oxygen atoms in total. The molecular formula is C17H19NO2. The van der Waals surface area contributed by atoms with Crippen molar-refractivity contribution in [2.24, 2.45) is 0 Å². The van der Waals surface area contributed by atoms with Gasteiger partial charge in [0.1, 0.15) is 5.75 Å². The highest BCUT2D eigenvalue weighted by atomic mass is 16.5. The highest BCUT2D eigenvalue weighted by Gasteiger charge is 2.16. The van der Waals surface area contributed by atoms with E-state index in [1.807, 2.05) is 69.3 Å². The van der Waals surface area contributed by atoms with E-state index in [-0.39, 0.29) is 12.0 Å². The fourth-order valence-corrected chi connectivity index (χ4v) is 2.00. The van der Waals surface area contributed by atoms with Gasteiger partial charge in [-0.2, -0.15) is 0 Å². The normalized spacial score (nSPS) is 10.4. The second-order valence-corrected chi connectivity index (χ2v) is 4.93. The second kappa shape index (κ2) is 6.24. The van der Waals surface area contributed by atoms with E-state index in [1.165, 1.54) is 0 Å². The molecule has 2 aromatic carbocycles. The fourth-order valence-electron chi connectivity index (χ4n) is 2.00. The second-order valence-electron chi connectivity index (χ2n) is 4.93. The van der Waals surface area contributed by atoms with Crippen LogP contribution in [0.3, 0.4) is 0 Å². The summed E-state index contributed by atoms with van der Waals surface area (Å²) < 4.78 is 5.72. The van der Waals surface area contributed by atoms with E-state index in [9.17, 15) is 4.79 Å². The Kier molecular flexibility index (Phi) is 4.41. The van der Waals surface area contributed by atoms with Gasteiger partial charge in [-0.3, -0.25) is 4.79 Å². The Morgan fingerprint density at radius 3 is 2.40 bits per heavy atom. The van der Waals surface area contributed by atoms with Gasteiger partial charge in [0.05, 0.1) is 11.7 Å². The third kappa shape index (κ3) is 3.38. The molecule has 0 aromatic heterocycles. The van der Waals surface area contributed by atoms with Crippen molar-refractivity contribution in [2.45, 2.75) is 26.9 Å². The van der Waals surface area contributed by atoms with Gasteiger partial charge in [-0.25, -0.2) is 0 Å². The Bertz CT molecular complexity index is 591. The van der Waals surface area contributed by atoms with Crippen LogP contribution in [-0.2, 0) is 0 Å². The van der Waals surface area contributed by atoms with Crippen LogP contribution in [-0.4, -0.2) is 12.0 Å². The van der Waals surface area contributed by atoms with Crippen LogP contribution in [0.25, 0.3) is 0 Å². The molecule has 1 N–H and O–H groups in total. The zero-order chi connectivity index (χ0) is 14.5. The molecule has 0 radical (unpaired) electrons. The van der Waals surface area contributed by atoms with Crippen molar-refractivity contribution >= 4 is 11.6 Å². The molecule has 2 rings (SSSR count). The number of nitrogens with one attached hydrogen (secondary N) is 1. The zero-order valence-electron chi connectivity index (χ0n) is 12.0. The summed E-state index contributed by atoms with van der Waals surface area (Å²) in [5.41, 5.74) is 2.26. The van der Waals surface area contributed by atoms with Gasteiger partial charge in [-0.05, 0) is 44.5 Å². The lowest BCUT2D eigenvalue weighted by atomic mass is 10.1. The molecule has 0 bridgehead atoms. The molecule has 0 aliphatic heterocycles. The predicted octanol–water partition coefficient (Wildman–Crippen LogP) is 4.03. The van der Waals surface area contributed by atoms with Crippen LogP contribution in [0.5, 0.6) is 5.75 Å². The minimum absolute atomic E-state index is 0.0278. The van der Waals surface area contributed by atoms with Crippen molar-refractivity contribution in [1.29, 1.82) is 0 Å². The Morgan fingerprint density at radius 2 is 1.75 bits per heavy atom. The third-order valence-electron chi connectivity index (χ3n) is 2.86. The summed E-state index contributed by atoms with van der Waals surface area (Å²) in [6.07, 6.45) is 0.0278. The number of para-hydroxylation sites is 1. The minimum Gasteiger partial charge on any atom is -0.490 e. The molecule has 2 aromatic rings. The molecule has 0 aliphatic rings. The number of rotatable bonds is 4. The molecule has 0 aliphatic carbocycles. The van der Waals surface area contributed by atoms with Gasteiger partial charge in [0.2, 0.25) is 0 Å². The fraction of sp³-hybridized carbons (Fsp3) is 0.235. The third-order valence-corrected chi connectivity index (χ3v) is 2.86. The maximum Gasteiger partial charge on any atom is 0.259 e. The number of hydrogen-bond donors (Lipinski definition) is 1. The van der Waals surface area contributed by atoms with Crippen LogP contribution < -0.4 is 10.1 Å². The average molecular weight is 269 g/mol. The quantitative estimate of drug-likeness (QED) is 0.909. The number of amides is 1. The SMILES string of the molecule is Cc1cccc(OC(C)C)c1C(=O)Nc1ccccc1. The molecule has 0 unspecified atom stereocenters. The summed E-state index contributed by atoms with van der Waals surface area (Å²) in [7, 11) is 0. The Hall–Kier alpha value is -2.29. The molecule has 1 amide bonds. The Balaban J connectivity index is 2.29. The molecule has 0 fully saturated rings. The van der Waals surface area contributed by atoms with Gasteiger partial charge in [0, 0.05) is 5.69 Å². The largest absolute Gasteiger partial charge is 0.490 e.